The maximum atomic E-state index is 5.04. The van der Waals surface area contributed by atoms with Gasteiger partial charge in [-0.3, -0.25) is 0 Å². The Morgan fingerprint density at radius 1 is 0.316 bits per heavy atom. The van der Waals surface area contributed by atoms with E-state index < -0.39 is 0 Å². The van der Waals surface area contributed by atoms with Crippen molar-refractivity contribution in [3.63, 3.8) is 0 Å². The van der Waals surface area contributed by atoms with Crippen molar-refractivity contribution in [1.29, 1.82) is 0 Å². The highest BCUT2D eigenvalue weighted by Gasteiger charge is 2.18. The first-order valence-corrected chi connectivity index (χ1v) is 19.4. The average Bonchev–Trinajstić information content (AvgIpc) is 3.61. The largest absolute Gasteiger partial charge is 0.309 e. The molecule has 57 heavy (non-hydrogen) atoms. The molecule has 4 heteroatoms. The van der Waals surface area contributed by atoms with Crippen LogP contribution in [0.15, 0.2) is 194 Å². The van der Waals surface area contributed by atoms with Crippen LogP contribution < -0.4 is 0 Å². The molecule has 10 aromatic rings. The van der Waals surface area contributed by atoms with Crippen molar-refractivity contribution >= 4 is 21.8 Å². The van der Waals surface area contributed by atoms with Crippen molar-refractivity contribution in [2.45, 2.75) is 13.8 Å². The highest BCUT2D eigenvalue weighted by atomic mass is 15.0. The van der Waals surface area contributed by atoms with Gasteiger partial charge in [-0.15, -0.1) is 0 Å². The molecule has 0 atom stereocenters. The molecular weight excluding hydrogens is 693 g/mol. The van der Waals surface area contributed by atoms with Crippen molar-refractivity contribution in [2.24, 2.45) is 0 Å². The fourth-order valence-electron chi connectivity index (χ4n) is 8.04. The second-order valence-corrected chi connectivity index (χ2v) is 14.6. The van der Waals surface area contributed by atoms with Crippen LogP contribution in [0.4, 0.5) is 0 Å². The second-order valence-electron chi connectivity index (χ2n) is 14.6. The third-order valence-electron chi connectivity index (χ3n) is 11.0. The summed E-state index contributed by atoms with van der Waals surface area (Å²) in [6.07, 6.45) is 0. The monoisotopic (exact) mass is 730 g/mol. The molecule has 2 heterocycles. The van der Waals surface area contributed by atoms with E-state index in [9.17, 15) is 0 Å². The maximum absolute atomic E-state index is 5.04. The lowest BCUT2D eigenvalue weighted by Crippen LogP contribution is -2.00. The van der Waals surface area contributed by atoms with E-state index in [1.807, 2.05) is 60.7 Å². The molecule has 0 aliphatic carbocycles. The Morgan fingerprint density at radius 2 is 0.754 bits per heavy atom. The van der Waals surface area contributed by atoms with E-state index in [0.29, 0.717) is 17.5 Å². The predicted octanol–water partition coefficient (Wildman–Crippen LogP) is 13.6. The van der Waals surface area contributed by atoms with Gasteiger partial charge in [-0.1, -0.05) is 152 Å². The van der Waals surface area contributed by atoms with E-state index in [-0.39, 0.29) is 0 Å². The van der Waals surface area contributed by atoms with Gasteiger partial charge in [-0.2, -0.15) is 0 Å². The zero-order chi connectivity index (χ0) is 38.3. The van der Waals surface area contributed by atoms with Crippen LogP contribution in [0.25, 0.3) is 95.0 Å². The lowest BCUT2D eigenvalue weighted by Gasteiger charge is -2.17. The minimum atomic E-state index is 0.642. The van der Waals surface area contributed by atoms with Crippen molar-refractivity contribution in [3.05, 3.63) is 205 Å². The summed E-state index contributed by atoms with van der Waals surface area (Å²) in [6.45, 7) is 4.38. The van der Waals surface area contributed by atoms with Gasteiger partial charge in [0.25, 0.3) is 0 Å². The van der Waals surface area contributed by atoms with Crippen LogP contribution in [0.2, 0.25) is 0 Å². The van der Waals surface area contributed by atoms with Crippen molar-refractivity contribution in [2.75, 3.05) is 0 Å². The fraction of sp³-hybridized carbons (Fsp3) is 0.0377. The molecular formula is C53H38N4. The molecule has 0 saturated carbocycles. The van der Waals surface area contributed by atoms with Crippen LogP contribution in [0.1, 0.15) is 11.1 Å². The van der Waals surface area contributed by atoms with Crippen LogP contribution in [0.5, 0.6) is 0 Å². The summed E-state index contributed by atoms with van der Waals surface area (Å²) < 4.78 is 2.36. The van der Waals surface area contributed by atoms with Crippen molar-refractivity contribution < 1.29 is 0 Å². The molecule has 0 aliphatic heterocycles. The number of para-hydroxylation sites is 2. The average molecular weight is 731 g/mol. The Hall–Kier alpha value is -7.43. The van der Waals surface area contributed by atoms with Crippen LogP contribution in [0, 0.1) is 13.8 Å². The van der Waals surface area contributed by atoms with Crippen molar-refractivity contribution in [1.82, 2.24) is 19.5 Å². The normalized spacial score (nSPS) is 11.3. The quantitative estimate of drug-likeness (QED) is 0.164. The Morgan fingerprint density at radius 3 is 1.37 bits per heavy atom. The van der Waals surface area contributed by atoms with Gasteiger partial charge in [0.15, 0.2) is 17.5 Å². The standard InChI is InChI=1S/C53H38N4/c1-35-26-28-39(40-30-31-50-48(33-40)45-24-14-15-25-49(45)57(50)42-20-10-5-11-21-42)32-46(35)43-22-12-13-23-44(43)47-34-41(29-27-36(47)2)53-55-51(37-16-6-3-7-17-37)54-52(56-53)38-18-8-4-9-19-38/h3-34H,1-2H3. The maximum Gasteiger partial charge on any atom is 0.164 e. The summed E-state index contributed by atoms with van der Waals surface area (Å²) in [4.78, 5) is 15.0. The Kier molecular flexibility index (Phi) is 8.57. The first-order chi connectivity index (χ1) is 28.1. The van der Waals surface area contributed by atoms with Crippen molar-refractivity contribution in [3.8, 4) is 73.2 Å². The first-order valence-electron chi connectivity index (χ1n) is 19.4. The Labute approximate surface area is 332 Å². The van der Waals surface area contributed by atoms with E-state index in [2.05, 4.69) is 152 Å². The molecule has 270 valence electrons. The molecule has 4 nitrogen and oxygen atoms in total. The van der Waals surface area contributed by atoms with Gasteiger partial charge >= 0.3 is 0 Å². The molecule has 0 spiro atoms. The van der Waals surface area contributed by atoms with E-state index in [0.717, 1.165) is 27.9 Å². The summed E-state index contributed by atoms with van der Waals surface area (Å²) in [6, 6.07) is 68.6. The third-order valence-corrected chi connectivity index (χ3v) is 11.0. The molecule has 0 unspecified atom stereocenters. The molecule has 0 N–H and O–H groups in total. The predicted molar refractivity (Wildman–Crippen MR) is 236 cm³/mol. The summed E-state index contributed by atoms with van der Waals surface area (Å²) in [7, 11) is 0. The first kappa shape index (κ1) is 34.1. The molecule has 0 radical (unpaired) electrons. The van der Waals surface area contributed by atoms with E-state index in [1.165, 1.54) is 60.8 Å². The lowest BCUT2D eigenvalue weighted by molar-refractivity contribution is 1.07. The van der Waals surface area contributed by atoms with E-state index in [1.54, 1.807) is 0 Å². The molecule has 10 rings (SSSR count). The summed E-state index contributed by atoms with van der Waals surface area (Å²) in [5.74, 6) is 1.94. The van der Waals surface area contributed by atoms with Gasteiger partial charge in [0, 0.05) is 33.2 Å². The number of nitrogens with zero attached hydrogens (tertiary/aromatic N) is 4. The number of hydrogen-bond acceptors (Lipinski definition) is 3. The summed E-state index contributed by atoms with van der Waals surface area (Å²) in [5.41, 5.74) is 15.9. The van der Waals surface area contributed by atoms with Gasteiger partial charge in [-0.05, 0) is 101 Å². The highest BCUT2D eigenvalue weighted by Crippen LogP contribution is 2.40. The minimum absolute atomic E-state index is 0.642. The topological polar surface area (TPSA) is 43.6 Å². The van der Waals surface area contributed by atoms with Gasteiger partial charge in [0.05, 0.1) is 11.0 Å². The SMILES string of the molecule is Cc1ccc(-c2ccc3c(c2)c2ccccc2n3-c2ccccc2)cc1-c1ccccc1-c1cc(-c2nc(-c3ccccc3)nc(-c3ccccc3)n2)ccc1C. The summed E-state index contributed by atoms with van der Waals surface area (Å²) >= 11 is 0. The van der Waals surface area contributed by atoms with Gasteiger partial charge in [-0.25, -0.2) is 15.0 Å². The van der Waals surface area contributed by atoms with Crippen LogP contribution in [-0.2, 0) is 0 Å². The second kappa shape index (κ2) is 14.3. The number of benzene rings is 8. The fourth-order valence-corrected chi connectivity index (χ4v) is 8.04. The van der Waals surface area contributed by atoms with Crippen LogP contribution in [0.3, 0.4) is 0 Å². The lowest BCUT2D eigenvalue weighted by atomic mass is 9.88. The Bertz CT molecular complexity index is 3020. The third kappa shape index (κ3) is 6.27. The minimum Gasteiger partial charge on any atom is -0.309 e. The van der Waals surface area contributed by atoms with Gasteiger partial charge in [0.1, 0.15) is 0 Å². The van der Waals surface area contributed by atoms with Crippen LogP contribution in [-0.4, -0.2) is 19.5 Å². The molecule has 0 aliphatic rings. The highest BCUT2D eigenvalue weighted by molar-refractivity contribution is 6.10. The molecule has 0 saturated heterocycles. The molecule has 2 aromatic heterocycles. The molecule has 0 bridgehead atoms. The zero-order valence-electron chi connectivity index (χ0n) is 31.8. The number of aryl methyl sites for hydroxylation is 2. The van der Waals surface area contributed by atoms with Crippen LogP contribution >= 0.6 is 0 Å². The smallest absolute Gasteiger partial charge is 0.164 e. The van der Waals surface area contributed by atoms with E-state index >= 15 is 0 Å². The number of fused-ring (bicyclic) bond motifs is 3. The molecule has 0 amide bonds. The molecule has 0 fully saturated rings. The summed E-state index contributed by atoms with van der Waals surface area (Å²) in [5, 5.41) is 2.49. The number of rotatable bonds is 7. The van der Waals surface area contributed by atoms with E-state index in [4.69, 9.17) is 15.0 Å². The number of aromatic nitrogens is 4. The number of hydrogen-bond donors (Lipinski definition) is 0. The Balaban J connectivity index is 1.08. The van der Waals surface area contributed by atoms with Gasteiger partial charge in [0.2, 0.25) is 0 Å². The molecule has 8 aromatic carbocycles. The zero-order valence-corrected chi connectivity index (χ0v) is 31.8. The van der Waals surface area contributed by atoms with Gasteiger partial charge < -0.3 is 4.57 Å².